The van der Waals surface area contributed by atoms with Crippen molar-refractivity contribution in [1.29, 1.82) is 0 Å². The number of anilines is 1. The second kappa shape index (κ2) is 8.75. The summed E-state index contributed by atoms with van der Waals surface area (Å²) in [6.07, 6.45) is 1.06. The lowest BCUT2D eigenvalue weighted by atomic mass is 9.93. The lowest BCUT2D eigenvalue weighted by Crippen LogP contribution is -2.45. The number of carbonyl (C=O) groups excluding carboxylic acids is 3. The molecule has 0 radical (unpaired) electrons. The summed E-state index contributed by atoms with van der Waals surface area (Å²) >= 11 is 6.08. The molecule has 0 spiro atoms. The Labute approximate surface area is 180 Å². The molecule has 158 valence electrons. The zero-order valence-electron chi connectivity index (χ0n) is 17.1. The topological polar surface area (TPSA) is 87.7 Å². The molecule has 2 aromatic carbocycles. The van der Waals surface area contributed by atoms with Crippen molar-refractivity contribution in [1.82, 2.24) is 10.2 Å². The number of benzene rings is 2. The molecular formula is C22H24ClN3O4. The van der Waals surface area contributed by atoms with Gasteiger partial charge in [-0.1, -0.05) is 41.9 Å². The van der Waals surface area contributed by atoms with Crippen LogP contribution in [0.5, 0.6) is 5.75 Å². The Bertz CT molecular complexity index is 980. The van der Waals surface area contributed by atoms with Crippen molar-refractivity contribution in [2.45, 2.75) is 32.2 Å². The van der Waals surface area contributed by atoms with E-state index in [1.807, 2.05) is 30.3 Å². The largest absolute Gasteiger partial charge is 0.495 e. The third kappa shape index (κ3) is 4.57. The van der Waals surface area contributed by atoms with Gasteiger partial charge < -0.3 is 15.4 Å². The third-order valence-corrected chi connectivity index (χ3v) is 5.57. The van der Waals surface area contributed by atoms with Crippen molar-refractivity contribution in [2.24, 2.45) is 0 Å². The van der Waals surface area contributed by atoms with Crippen LogP contribution in [0.2, 0.25) is 5.02 Å². The number of amides is 4. The Balaban J connectivity index is 1.66. The van der Waals surface area contributed by atoms with Gasteiger partial charge in [0.1, 0.15) is 17.8 Å². The zero-order chi connectivity index (χ0) is 21.9. The molecule has 1 heterocycles. The van der Waals surface area contributed by atoms with Crippen molar-refractivity contribution in [3.05, 3.63) is 58.6 Å². The first kappa shape index (κ1) is 21.6. The Morgan fingerprint density at radius 1 is 1.23 bits per heavy atom. The highest BCUT2D eigenvalue weighted by molar-refractivity contribution is 6.31. The molecule has 1 atom stereocenters. The van der Waals surface area contributed by atoms with Crippen LogP contribution >= 0.6 is 11.6 Å². The summed E-state index contributed by atoms with van der Waals surface area (Å²) in [5.41, 5.74) is 1.20. The number of carbonyl (C=O) groups is 3. The minimum Gasteiger partial charge on any atom is -0.495 e. The quantitative estimate of drug-likeness (QED) is 0.659. The number of hydrogen-bond acceptors (Lipinski definition) is 4. The maximum Gasteiger partial charge on any atom is 0.325 e. The average molecular weight is 430 g/mol. The number of hydrogen-bond donors (Lipinski definition) is 2. The number of urea groups is 1. The second-order valence-corrected chi connectivity index (χ2v) is 7.90. The molecule has 2 aromatic rings. The second-order valence-electron chi connectivity index (χ2n) is 7.49. The van der Waals surface area contributed by atoms with Gasteiger partial charge in [-0.3, -0.25) is 14.5 Å². The smallest absolute Gasteiger partial charge is 0.325 e. The van der Waals surface area contributed by atoms with E-state index >= 15 is 0 Å². The van der Waals surface area contributed by atoms with Crippen LogP contribution in [-0.4, -0.2) is 41.9 Å². The van der Waals surface area contributed by atoms with Crippen molar-refractivity contribution in [3.8, 4) is 5.75 Å². The van der Waals surface area contributed by atoms with Gasteiger partial charge in [0.2, 0.25) is 5.91 Å². The van der Waals surface area contributed by atoms with Crippen LogP contribution in [0.25, 0.3) is 0 Å². The molecule has 1 aliphatic rings. The molecule has 3 rings (SSSR count). The van der Waals surface area contributed by atoms with Gasteiger partial charge in [-0.2, -0.15) is 0 Å². The molecule has 0 saturated carbocycles. The summed E-state index contributed by atoms with van der Waals surface area (Å²) in [4.78, 5) is 38.8. The summed E-state index contributed by atoms with van der Waals surface area (Å²) in [5, 5.41) is 5.92. The molecule has 1 saturated heterocycles. The number of ether oxygens (including phenoxy) is 1. The lowest BCUT2D eigenvalue weighted by Gasteiger charge is -2.21. The van der Waals surface area contributed by atoms with Crippen LogP contribution in [0.3, 0.4) is 0 Å². The van der Waals surface area contributed by atoms with E-state index in [1.54, 1.807) is 26.0 Å². The van der Waals surface area contributed by atoms with Gasteiger partial charge in [0.05, 0.1) is 12.8 Å². The standard InChI is InChI=1S/C22H24ClN3O4/c1-14-11-17(18(30-3)12-16(14)23)24-19(27)13-26-20(28)22(2,25-21(26)29)10-9-15-7-5-4-6-8-15/h4-8,11-12H,9-10,13H2,1-3H3,(H,24,27)(H,25,29)/t22-/m0/s1. The fraction of sp³-hybridized carbons (Fsp3) is 0.318. The molecule has 30 heavy (non-hydrogen) atoms. The monoisotopic (exact) mass is 429 g/mol. The number of rotatable bonds is 7. The number of aryl methyl sites for hydroxylation is 2. The van der Waals surface area contributed by atoms with E-state index in [9.17, 15) is 14.4 Å². The molecular weight excluding hydrogens is 406 g/mol. The van der Waals surface area contributed by atoms with Gasteiger partial charge in [0.25, 0.3) is 5.91 Å². The minimum atomic E-state index is -1.05. The van der Waals surface area contributed by atoms with E-state index in [0.29, 0.717) is 29.3 Å². The number of nitrogens with one attached hydrogen (secondary N) is 2. The molecule has 1 aliphatic heterocycles. The van der Waals surface area contributed by atoms with Crippen LogP contribution < -0.4 is 15.4 Å². The Kier molecular flexibility index (Phi) is 6.31. The van der Waals surface area contributed by atoms with Gasteiger partial charge in [-0.25, -0.2) is 4.79 Å². The molecule has 0 bridgehead atoms. The summed E-state index contributed by atoms with van der Waals surface area (Å²) in [6.45, 7) is 3.09. The predicted molar refractivity (Wildman–Crippen MR) is 115 cm³/mol. The Morgan fingerprint density at radius 2 is 1.93 bits per heavy atom. The van der Waals surface area contributed by atoms with Gasteiger partial charge in [0, 0.05) is 11.1 Å². The maximum atomic E-state index is 12.9. The third-order valence-electron chi connectivity index (χ3n) is 5.16. The van der Waals surface area contributed by atoms with E-state index in [4.69, 9.17) is 16.3 Å². The van der Waals surface area contributed by atoms with Gasteiger partial charge >= 0.3 is 6.03 Å². The van der Waals surface area contributed by atoms with Crippen LogP contribution in [-0.2, 0) is 16.0 Å². The molecule has 0 aromatic heterocycles. The molecule has 7 nitrogen and oxygen atoms in total. The first-order chi connectivity index (χ1) is 14.2. The number of halogens is 1. The van der Waals surface area contributed by atoms with Crippen LogP contribution in [0, 0.1) is 6.92 Å². The number of methoxy groups -OCH3 is 1. The highest BCUT2D eigenvalue weighted by atomic mass is 35.5. The fourth-order valence-corrected chi connectivity index (χ4v) is 3.52. The average Bonchev–Trinajstić information content (AvgIpc) is 2.93. The summed E-state index contributed by atoms with van der Waals surface area (Å²) in [5.74, 6) is -0.535. The molecule has 0 unspecified atom stereocenters. The van der Waals surface area contributed by atoms with E-state index in [2.05, 4.69) is 10.6 Å². The SMILES string of the molecule is COc1cc(Cl)c(C)cc1NC(=O)CN1C(=O)N[C@@](C)(CCc2ccccc2)C1=O. The van der Waals surface area contributed by atoms with Gasteiger partial charge in [-0.15, -0.1) is 0 Å². The molecule has 2 N–H and O–H groups in total. The van der Waals surface area contributed by atoms with Crippen molar-refractivity contribution in [3.63, 3.8) is 0 Å². The highest BCUT2D eigenvalue weighted by Gasteiger charge is 2.47. The van der Waals surface area contributed by atoms with Crippen molar-refractivity contribution in [2.75, 3.05) is 19.0 Å². The fourth-order valence-electron chi connectivity index (χ4n) is 3.36. The zero-order valence-corrected chi connectivity index (χ0v) is 17.9. The Hall–Kier alpha value is -3.06. The first-order valence-electron chi connectivity index (χ1n) is 9.55. The van der Waals surface area contributed by atoms with Crippen LogP contribution in [0.1, 0.15) is 24.5 Å². The first-order valence-corrected chi connectivity index (χ1v) is 9.93. The summed E-state index contributed by atoms with van der Waals surface area (Å²) < 4.78 is 5.24. The normalized spacial score (nSPS) is 18.3. The predicted octanol–water partition coefficient (Wildman–Crippen LogP) is 3.54. The Morgan fingerprint density at radius 3 is 2.60 bits per heavy atom. The number of imide groups is 1. The van der Waals surface area contributed by atoms with Crippen LogP contribution in [0.4, 0.5) is 10.5 Å². The lowest BCUT2D eigenvalue weighted by molar-refractivity contribution is -0.133. The molecule has 4 amide bonds. The van der Waals surface area contributed by atoms with E-state index in [-0.39, 0.29) is 0 Å². The van der Waals surface area contributed by atoms with Gasteiger partial charge in [0.15, 0.2) is 0 Å². The van der Waals surface area contributed by atoms with E-state index in [1.165, 1.54) is 7.11 Å². The molecule has 8 heteroatoms. The maximum absolute atomic E-state index is 12.9. The summed E-state index contributed by atoms with van der Waals surface area (Å²) in [6, 6.07) is 12.4. The van der Waals surface area contributed by atoms with E-state index in [0.717, 1.165) is 16.0 Å². The minimum absolute atomic E-state index is 0.392. The van der Waals surface area contributed by atoms with Crippen molar-refractivity contribution < 1.29 is 19.1 Å². The van der Waals surface area contributed by atoms with E-state index < -0.39 is 29.9 Å². The number of nitrogens with zero attached hydrogens (tertiary/aromatic N) is 1. The molecule has 1 fully saturated rings. The highest BCUT2D eigenvalue weighted by Crippen LogP contribution is 2.31. The van der Waals surface area contributed by atoms with Gasteiger partial charge in [-0.05, 0) is 43.9 Å². The van der Waals surface area contributed by atoms with Crippen LogP contribution in [0.15, 0.2) is 42.5 Å². The van der Waals surface area contributed by atoms with Crippen molar-refractivity contribution >= 4 is 35.1 Å². The molecule has 0 aliphatic carbocycles. The summed E-state index contributed by atoms with van der Waals surface area (Å²) in [7, 11) is 1.46.